The van der Waals surface area contributed by atoms with E-state index in [0.717, 1.165) is 37.0 Å². The Morgan fingerprint density at radius 2 is 2.41 bits per heavy atom. The van der Waals surface area contributed by atoms with E-state index in [1.165, 1.54) is 0 Å². The van der Waals surface area contributed by atoms with Gasteiger partial charge < -0.3 is 10.5 Å². The molecule has 2 heterocycles. The number of hydrogen-bond acceptors (Lipinski definition) is 4. The summed E-state index contributed by atoms with van der Waals surface area (Å²) in [7, 11) is 2.65. The fourth-order valence-electron chi connectivity index (χ4n) is 1.94. The minimum atomic E-state index is -0.829. The number of nitrogens with two attached hydrogens (primary N) is 1. The molecule has 3 unspecified atom stereocenters. The zero-order valence-corrected chi connectivity index (χ0v) is 11.2. The van der Waals surface area contributed by atoms with Gasteiger partial charge in [-0.1, -0.05) is 0 Å². The Bertz CT molecular complexity index is 426. The Hall–Kier alpha value is -0.580. The monoisotopic (exact) mass is 276 g/mol. The molecule has 17 heavy (non-hydrogen) atoms. The molecule has 1 aliphatic rings. The van der Waals surface area contributed by atoms with Crippen LogP contribution in [0.2, 0.25) is 0 Å². The number of primary amides is 1. The van der Waals surface area contributed by atoms with Crippen molar-refractivity contribution in [1.29, 1.82) is 0 Å². The summed E-state index contributed by atoms with van der Waals surface area (Å²) >= 11 is 0.966. The fraction of sp³-hybridized carbons (Fsp3) is 0.600. The number of halogens is 1. The second-order valence-electron chi connectivity index (χ2n) is 3.98. The van der Waals surface area contributed by atoms with Crippen LogP contribution in [0.5, 0.6) is 0 Å². The normalized spacial score (nSPS) is 24.1. The summed E-state index contributed by atoms with van der Waals surface area (Å²) < 4.78 is 23.3. The van der Waals surface area contributed by atoms with Crippen molar-refractivity contribution in [2.45, 2.75) is 31.5 Å². The van der Waals surface area contributed by atoms with Crippen LogP contribution in [0.1, 0.15) is 40.7 Å². The molecule has 0 spiro atoms. The van der Waals surface area contributed by atoms with Crippen LogP contribution in [0.3, 0.4) is 0 Å². The molecule has 0 aliphatic carbocycles. The lowest BCUT2D eigenvalue weighted by atomic mass is 10.1. The van der Waals surface area contributed by atoms with E-state index in [1.54, 1.807) is 0 Å². The smallest absolute Gasteiger partial charge is 0.271 e. The standard InChI is InChI=1S/C10H14FN2O2PS/c11-7-8(10(12)14)13-17-9(7)6-2-1-5(15-6)3-4-16/h5-6H,1-4,16H2,(H2,12,14). The number of aromatic nitrogens is 1. The van der Waals surface area contributed by atoms with Crippen LogP contribution in [0, 0.1) is 5.82 Å². The number of ether oxygens (including phenoxy) is 1. The molecule has 4 nitrogen and oxygen atoms in total. The Labute approximate surface area is 105 Å². The lowest BCUT2D eigenvalue weighted by molar-refractivity contribution is 0.0436. The van der Waals surface area contributed by atoms with Gasteiger partial charge in [0.2, 0.25) is 0 Å². The van der Waals surface area contributed by atoms with Gasteiger partial charge in [-0.2, -0.15) is 4.37 Å². The molecule has 2 N–H and O–H groups in total. The highest BCUT2D eigenvalue weighted by Crippen LogP contribution is 2.37. The summed E-state index contributed by atoms with van der Waals surface area (Å²) in [4.78, 5) is 11.3. The average Bonchev–Trinajstić information content (AvgIpc) is 2.85. The summed E-state index contributed by atoms with van der Waals surface area (Å²) in [5.41, 5.74) is 4.75. The molecule has 1 amide bonds. The molecule has 2 rings (SSSR count). The summed E-state index contributed by atoms with van der Waals surface area (Å²) in [6.45, 7) is 0. The van der Waals surface area contributed by atoms with Gasteiger partial charge in [0.25, 0.3) is 5.91 Å². The van der Waals surface area contributed by atoms with Gasteiger partial charge in [-0.15, -0.1) is 9.24 Å². The van der Waals surface area contributed by atoms with Crippen molar-refractivity contribution in [2.75, 3.05) is 6.16 Å². The van der Waals surface area contributed by atoms with Gasteiger partial charge in [-0.3, -0.25) is 4.79 Å². The Morgan fingerprint density at radius 3 is 3.00 bits per heavy atom. The molecule has 0 aromatic carbocycles. The van der Waals surface area contributed by atoms with Gasteiger partial charge in [0, 0.05) is 0 Å². The SMILES string of the molecule is NC(=O)c1nsc(C2CCC(CCP)O2)c1F. The molecule has 94 valence electrons. The van der Waals surface area contributed by atoms with E-state index in [-0.39, 0.29) is 17.9 Å². The summed E-state index contributed by atoms with van der Waals surface area (Å²) in [6, 6.07) is 0. The van der Waals surface area contributed by atoms with Gasteiger partial charge in [0.15, 0.2) is 11.5 Å². The molecule has 3 atom stereocenters. The summed E-state index contributed by atoms with van der Waals surface area (Å²) in [6.07, 6.45) is 3.51. The lowest BCUT2D eigenvalue weighted by Crippen LogP contribution is -2.13. The third-order valence-corrected chi connectivity index (χ3v) is 4.03. The highest BCUT2D eigenvalue weighted by atomic mass is 32.1. The average molecular weight is 276 g/mol. The number of carbonyl (C=O) groups is 1. The topological polar surface area (TPSA) is 65.2 Å². The summed E-state index contributed by atoms with van der Waals surface area (Å²) in [5.74, 6) is -1.44. The van der Waals surface area contributed by atoms with Gasteiger partial charge in [0.1, 0.15) is 0 Å². The molecule has 0 saturated carbocycles. The van der Waals surface area contributed by atoms with Crippen molar-refractivity contribution in [3.63, 3.8) is 0 Å². The van der Waals surface area contributed by atoms with E-state index < -0.39 is 11.7 Å². The predicted molar refractivity (Wildman–Crippen MR) is 66.6 cm³/mol. The first-order chi connectivity index (χ1) is 8.13. The highest BCUT2D eigenvalue weighted by molar-refractivity contribution is 7.16. The molecule has 1 aromatic rings. The van der Waals surface area contributed by atoms with E-state index in [9.17, 15) is 9.18 Å². The maximum absolute atomic E-state index is 13.8. The van der Waals surface area contributed by atoms with E-state index in [0.29, 0.717) is 4.88 Å². The van der Waals surface area contributed by atoms with Crippen molar-refractivity contribution in [3.05, 3.63) is 16.4 Å². The van der Waals surface area contributed by atoms with E-state index in [2.05, 4.69) is 13.6 Å². The van der Waals surface area contributed by atoms with Crippen molar-refractivity contribution < 1.29 is 13.9 Å². The molecule has 0 radical (unpaired) electrons. The molecule has 1 aromatic heterocycles. The predicted octanol–water partition coefficient (Wildman–Crippen LogP) is 1.87. The first-order valence-corrected chi connectivity index (χ1v) is 7.03. The zero-order chi connectivity index (χ0) is 12.4. The van der Waals surface area contributed by atoms with Crippen LogP contribution in [0.15, 0.2) is 0 Å². The van der Waals surface area contributed by atoms with Crippen LogP contribution in [-0.4, -0.2) is 22.5 Å². The van der Waals surface area contributed by atoms with E-state index in [4.69, 9.17) is 10.5 Å². The van der Waals surface area contributed by atoms with Crippen LogP contribution in [0.4, 0.5) is 4.39 Å². The molecular formula is C10H14FN2O2PS. The minimum Gasteiger partial charge on any atom is -0.369 e. The third kappa shape index (κ3) is 2.64. The quantitative estimate of drug-likeness (QED) is 0.854. The molecule has 0 bridgehead atoms. The van der Waals surface area contributed by atoms with Crippen LogP contribution in [0.25, 0.3) is 0 Å². The number of rotatable bonds is 4. The van der Waals surface area contributed by atoms with Gasteiger partial charge >= 0.3 is 0 Å². The number of hydrogen-bond donors (Lipinski definition) is 1. The van der Waals surface area contributed by atoms with Crippen LogP contribution in [-0.2, 0) is 4.74 Å². The second-order valence-corrected chi connectivity index (χ2v) is 5.36. The first kappa shape index (κ1) is 12.9. The third-order valence-electron chi connectivity index (χ3n) is 2.78. The maximum Gasteiger partial charge on any atom is 0.271 e. The zero-order valence-electron chi connectivity index (χ0n) is 9.19. The van der Waals surface area contributed by atoms with Gasteiger partial charge in [-0.05, 0) is 37.0 Å². The molecular weight excluding hydrogens is 262 g/mol. The molecule has 1 fully saturated rings. The highest BCUT2D eigenvalue weighted by Gasteiger charge is 2.31. The largest absolute Gasteiger partial charge is 0.369 e. The number of amides is 1. The van der Waals surface area contributed by atoms with Crippen molar-refractivity contribution in [1.82, 2.24) is 4.37 Å². The van der Waals surface area contributed by atoms with E-state index in [1.807, 2.05) is 0 Å². The van der Waals surface area contributed by atoms with Crippen molar-refractivity contribution >= 4 is 26.7 Å². The van der Waals surface area contributed by atoms with Gasteiger partial charge in [-0.25, -0.2) is 4.39 Å². The maximum atomic E-state index is 13.8. The molecule has 1 saturated heterocycles. The Kier molecular flexibility index (Phi) is 4.07. The lowest BCUT2D eigenvalue weighted by Gasteiger charge is -2.11. The van der Waals surface area contributed by atoms with Crippen LogP contribution >= 0.6 is 20.8 Å². The number of carbonyl (C=O) groups excluding carboxylic acids is 1. The molecule has 7 heteroatoms. The summed E-state index contributed by atoms with van der Waals surface area (Å²) in [5, 5.41) is 0. The molecule has 1 aliphatic heterocycles. The van der Waals surface area contributed by atoms with E-state index >= 15 is 0 Å². The second kappa shape index (κ2) is 5.38. The van der Waals surface area contributed by atoms with Crippen LogP contribution < -0.4 is 5.73 Å². The Morgan fingerprint density at radius 1 is 1.65 bits per heavy atom. The Balaban J connectivity index is 2.11. The minimum absolute atomic E-state index is 0.177. The fourth-order valence-corrected chi connectivity index (χ4v) is 3.14. The first-order valence-electron chi connectivity index (χ1n) is 5.44. The van der Waals surface area contributed by atoms with Crippen molar-refractivity contribution in [2.24, 2.45) is 5.73 Å². The van der Waals surface area contributed by atoms with Crippen molar-refractivity contribution in [3.8, 4) is 0 Å². The van der Waals surface area contributed by atoms with Gasteiger partial charge in [0.05, 0.1) is 17.1 Å². The number of nitrogens with zero attached hydrogens (tertiary/aromatic N) is 1.